The normalized spacial score (nSPS) is 12.3. The molecule has 0 spiro atoms. The number of hydrogen-bond donors (Lipinski definition) is 1. The van der Waals surface area contributed by atoms with Gasteiger partial charge in [-0.1, -0.05) is 12.1 Å². The zero-order chi connectivity index (χ0) is 22.1. The maximum atomic E-state index is 12.7. The number of methoxy groups -OCH3 is 1. The fourth-order valence-electron chi connectivity index (χ4n) is 3.95. The Morgan fingerprint density at radius 1 is 1.26 bits per heavy atom. The van der Waals surface area contributed by atoms with Gasteiger partial charge in [-0.15, -0.1) is 0 Å². The third-order valence-corrected chi connectivity index (χ3v) is 5.56. The van der Waals surface area contributed by atoms with E-state index in [0.29, 0.717) is 24.2 Å². The van der Waals surface area contributed by atoms with E-state index in [-0.39, 0.29) is 11.9 Å². The highest BCUT2D eigenvalue weighted by atomic mass is 16.5. The van der Waals surface area contributed by atoms with Crippen LogP contribution < -0.4 is 15.7 Å². The molecule has 1 amide bonds. The maximum absolute atomic E-state index is 12.7. The molecule has 2 aromatic heterocycles. The summed E-state index contributed by atoms with van der Waals surface area (Å²) in [5, 5.41) is 3.88. The number of aromatic nitrogens is 2. The lowest BCUT2D eigenvalue weighted by Crippen LogP contribution is -2.28. The van der Waals surface area contributed by atoms with E-state index in [2.05, 4.69) is 10.3 Å². The first-order valence-electron chi connectivity index (χ1n) is 10.2. The first-order chi connectivity index (χ1) is 14.9. The Kier molecular flexibility index (Phi) is 5.50. The van der Waals surface area contributed by atoms with Gasteiger partial charge in [0.1, 0.15) is 17.2 Å². The van der Waals surface area contributed by atoms with Gasteiger partial charge in [-0.2, -0.15) is 0 Å². The molecule has 160 valence electrons. The molecule has 0 fully saturated rings. The monoisotopic (exact) mass is 419 g/mol. The summed E-state index contributed by atoms with van der Waals surface area (Å²) in [5.41, 5.74) is 3.73. The molecule has 7 nitrogen and oxygen atoms in total. The molecule has 0 aliphatic heterocycles. The van der Waals surface area contributed by atoms with Gasteiger partial charge in [-0.25, -0.2) is 9.78 Å². The molecule has 31 heavy (non-hydrogen) atoms. The molecule has 0 aliphatic rings. The van der Waals surface area contributed by atoms with E-state index >= 15 is 0 Å². The maximum Gasteiger partial charge on any atom is 0.336 e. The Morgan fingerprint density at radius 3 is 2.77 bits per heavy atom. The third-order valence-electron chi connectivity index (χ3n) is 5.56. The van der Waals surface area contributed by atoms with E-state index < -0.39 is 5.63 Å². The average Bonchev–Trinajstić information content (AvgIpc) is 3.08. The topological polar surface area (TPSA) is 86.4 Å². The van der Waals surface area contributed by atoms with Gasteiger partial charge >= 0.3 is 5.63 Å². The van der Waals surface area contributed by atoms with Crippen LogP contribution in [0.25, 0.3) is 22.0 Å². The van der Waals surface area contributed by atoms with Crippen molar-refractivity contribution in [1.82, 2.24) is 14.9 Å². The van der Waals surface area contributed by atoms with Gasteiger partial charge in [0, 0.05) is 31.0 Å². The quantitative estimate of drug-likeness (QED) is 0.480. The highest BCUT2D eigenvalue weighted by Crippen LogP contribution is 2.28. The van der Waals surface area contributed by atoms with Gasteiger partial charge in [0.25, 0.3) is 0 Å². The molecule has 0 bridgehead atoms. The number of hydrogen-bond acceptors (Lipinski definition) is 5. The summed E-state index contributed by atoms with van der Waals surface area (Å²) in [6.07, 6.45) is 0.796. The predicted molar refractivity (Wildman–Crippen MR) is 119 cm³/mol. The molecule has 7 heteroatoms. The standard InChI is InChI=1S/C24H25N3O4/c1-14-11-23(29)31-21-13-20(30-4)16(12-17(14)21)9-10-22(28)25-15(2)24-26-18-7-5-6-8-19(18)27(24)3/h5-8,11-13,15H,9-10H2,1-4H3,(H,25,28)/t15-/m0/s1. The first kappa shape index (κ1) is 20.7. The summed E-state index contributed by atoms with van der Waals surface area (Å²) in [6, 6.07) is 12.8. The Labute approximate surface area is 179 Å². The molecule has 1 atom stereocenters. The lowest BCUT2D eigenvalue weighted by Gasteiger charge is -2.15. The smallest absolute Gasteiger partial charge is 0.336 e. The van der Waals surface area contributed by atoms with Crippen molar-refractivity contribution in [3.63, 3.8) is 0 Å². The van der Waals surface area contributed by atoms with E-state index in [1.54, 1.807) is 13.2 Å². The lowest BCUT2D eigenvalue weighted by molar-refractivity contribution is -0.121. The van der Waals surface area contributed by atoms with E-state index in [0.717, 1.165) is 33.4 Å². The number of nitrogens with one attached hydrogen (secondary N) is 1. The molecule has 2 aromatic carbocycles. The number of carbonyl (C=O) groups excluding carboxylic acids is 1. The van der Waals surface area contributed by atoms with Crippen LogP contribution in [0.5, 0.6) is 5.75 Å². The second-order valence-corrected chi connectivity index (χ2v) is 7.72. The SMILES string of the molecule is COc1cc2oc(=O)cc(C)c2cc1CCC(=O)N[C@@H](C)c1nc2ccccc2n1C. The summed E-state index contributed by atoms with van der Waals surface area (Å²) in [6.45, 7) is 3.79. The van der Waals surface area contributed by atoms with Crippen molar-refractivity contribution in [3.8, 4) is 5.75 Å². The van der Waals surface area contributed by atoms with Gasteiger partial charge in [-0.3, -0.25) is 4.79 Å². The van der Waals surface area contributed by atoms with E-state index in [9.17, 15) is 9.59 Å². The highest BCUT2D eigenvalue weighted by Gasteiger charge is 2.17. The van der Waals surface area contributed by atoms with Gasteiger partial charge in [-0.05, 0) is 49.6 Å². The van der Waals surface area contributed by atoms with Crippen molar-refractivity contribution >= 4 is 27.9 Å². The number of amides is 1. The fourth-order valence-corrected chi connectivity index (χ4v) is 3.95. The van der Waals surface area contributed by atoms with Crippen molar-refractivity contribution in [2.75, 3.05) is 7.11 Å². The number of carbonyl (C=O) groups is 1. The predicted octanol–water partition coefficient (Wildman–Crippen LogP) is 3.81. The molecule has 2 heterocycles. The molecular weight excluding hydrogens is 394 g/mol. The summed E-state index contributed by atoms with van der Waals surface area (Å²) in [7, 11) is 3.51. The van der Waals surface area contributed by atoms with Crippen molar-refractivity contribution in [1.29, 1.82) is 0 Å². The van der Waals surface area contributed by atoms with E-state index in [4.69, 9.17) is 9.15 Å². The van der Waals surface area contributed by atoms with Gasteiger partial charge in [0.2, 0.25) is 5.91 Å². The minimum Gasteiger partial charge on any atom is -0.496 e. The van der Waals surface area contributed by atoms with Crippen LogP contribution in [-0.2, 0) is 18.3 Å². The molecule has 0 radical (unpaired) electrons. The van der Waals surface area contributed by atoms with Gasteiger partial charge < -0.3 is 19.0 Å². The van der Waals surface area contributed by atoms with Crippen molar-refractivity contribution < 1.29 is 13.9 Å². The van der Waals surface area contributed by atoms with Gasteiger partial charge in [0.05, 0.1) is 24.2 Å². The number of fused-ring (bicyclic) bond motifs is 2. The van der Waals surface area contributed by atoms with Gasteiger partial charge in [0.15, 0.2) is 0 Å². The van der Waals surface area contributed by atoms with Crippen LogP contribution in [0.4, 0.5) is 0 Å². The Hall–Kier alpha value is -3.61. The number of para-hydroxylation sites is 2. The highest BCUT2D eigenvalue weighted by molar-refractivity contribution is 5.83. The molecule has 4 aromatic rings. The number of ether oxygens (including phenoxy) is 1. The fraction of sp³-hybridized carbons (Fsp3) is 0.292. The minimum atomic E-state index is -0.393. The zero-order valence-electron chi connectivity index (χ0n) is 18.1. The Bertz CT molecular complexity index is 1340. The second kappa shape index (κ2) is 8.26. The molecule has 0 saturated heterocycles. The van der Waals surface area contributed by atoms with E-state index in [1.807, 2.05) is 55.8 Å². The summed E-state index contributed by atoms with van der Waals surface area (Å²) >= 11 is 0. The number of benzene rings is 2. The minimum absolute atomic E-state index is 0.0713. The summed E-state index contributed by atoms with van der Waals surface area (Å²) < 4.78 is 12.7. The molecule has 0 saturated carbocycles. The van der Waals surface area contributed by atoms with Crippen LogP contribution in [0.1, 0.15) is 36.3 Å². The Balaban J connectivity index is 1.49. The first-order valence-corrected chi connectivity index (χ1v) is 10.2. The van der Waals surface area contributed by atoms with Crippen molar-refractivity contribution in [2.24, 2.45) is 7.05 Å². The molecular formula is C24H25N3O4. The second-order valence-electron chi connectivity index (χ2n) is 7.72. The number of rotatable bonds is 6. The Morgan fingerprint density at radius 2 is 2.03 bits per heavy atom. The number of nitrogens with zero attached hydrogens (tertiary/aromatic N) is 2. The van der Waals surface area contributed by atoms with Crippen LogP contribution in [0.2, 0.25) is 0 Å². The van der Waals surface area contributed by atoms with E-state index in [1.165, 1.54) is 6.07 Å². The van der Waals surface area contributed by atoms with Crippen LogP contribution in [0.3, 0.4) is 0 Å². The molecule has 0 aliphatic carbocycles. The molecule has 0 unspecified atom stereocenters. The third kappa shape index (κ3) is 4.03. The molecule has 1 N–H and O–H groups in total. The van der Waals surface area contributed by atoms with Crippen LogP contribution >= 0.6 is 0 Å². The summed E-state index contributed by atoms with van der Waals surface area (Å²) in [5.74, 6) is 1.33. The van der Waals surface area contributed by atoms with Crippen LogP contribution in [-0.4, -0.2) is 22.6 Å². The summed E-state index contributed by atoms with van der Waals surface area (Å²) in [4.78, 5) is 28.9. The lowest BCUT2D eigenvalue weighted by atomic mass is 10.0. The van der Waals surface area contributed by atoms with Crippen molar-refractivity contribution in [3.05, 3.63) is 69.8 Å². The number of aryl methyl sites for hydroxylation is 3. The van der Waals surface area contributed by atoms with Crippen LogP contribution in [0.15, 0.2) is 51.7 Å². The number of imidazole rings is 1. The zero-order valence-corrected chi connectivity index (χ0v) is 18.1. The molecule has 4 rings (SSSR count). The largest absolute Gasteiger partial charge is 0.496 e. The van der Waals surface area contributed by atoms with Crippen molar-refractivity contribution in [2.45, 2.75) is 32.7 Å². The average molecular weight is 419 g/mol. The van der Waals surface area contributed by atoms with Crippen LogP contribution in [0, 0.1) is 6.92 Å².